The fraction of sp³-hybridized carbons (Fsp3) is 0.469. The Kier molecular flexibility index (Phi) is 8.10. The van der Waals surface area contributed by atoms with E-state index in [1.807, 2.05) is 0 Å². The van der Waals surface area contributed by atoms with E-state index >= 15 is 0 Å². The van der Waals surface area contributed by atoms with Crippen molar-refractivity contribution in [2.24, 2.45) is 0 Å². The Morgan fingerprint density at radius 1 is 0.737 bits per heavy atom. The zero-order valence-electron chi connectivity index (χ0n) is 24.2. The maximum atomic E-state index is 13.4. The molecule has 1 aromatic heterocycles. The molecule has 0 aliphatic carbocycles. The highest BCUT2D eigenvalue weighted by molar-refractivity contribution is 5.94. The van der Waals surface area contributed by atoms with Crippen LogP contribution in [0, 0.1) is 0 Å². The highest BCUT2D eigenvalue weighted by Crippen LogP contribution is 2.50. The number of fused-ring (bicyclic) bond motifs is 1. The molecule has 2 aromatic carbocycles. The Morgan fingerprint density at radius 3 is 1.61 bits per heavy atom. The monoisotopic (exact) mass is 514 g/mol. The normalized spacial score (nSPS) is 14.1. The summed E-state index contributed by atoms with van der Waals surface area (Å²) in [7, 11) is 0. The van der Waals surface area contributed by atoms with Crippen molar-refractivity contribution in [1.29, 1.82) is 0 Å². The van der Waals surface area contributed by atoms with Crippen molar-refractivity contribution in [2.75, 3.05) is 36.0 Å². The molecule has 1 aliphatic heterocycles. The molecule has 0 N–H and O–H groups in total. The van der Waals surface area contributed by atoms with E-state index < -0.39 is 11.6 Å². The number of carbonyl (C=O) groups is 1. The summed E-state index contributed by atoms with van der Waals surface area (Å²) >= 11 is 0. The third kappa shape index (κ3) is 4.55. The molecule has 0 atom stereocenters. The van der Waals surface area contributed by atoms with Crippen molar-refractivity contribution < 1.29 is 9.53 Å². The molecule has 0 amide bonds. The Morgan fingerprint density at radius 2 is 1.18 bits per heavy atom. The first kappa shape index (κ1) is 27.6. The molecular weight excluding hydrogens is 472 g/mol. The third-order valence-corrected chi connectivity index (χ3v) is 7.80. The summed E-state index contributed by atoms with van der Waals surface area (Å²) in [4.78, 5) is 27.3. The topological polar surface area (TPSA) is 58.6 Å². The SMILES string of the molecule is CCN(CC)c1ccc(C2(c3ccc(N(CC)CC)cc3C(C)C)OC(=O)c3nccnc32)c(C(C)C)c1. The van der Waals surface area contributed by atoms with Gasteiger partial charge in [0, 0.05) is 61.1 Å². The van der Waals surface area contributed by atoms with Crippen LogP contribution in [0.4, 0.5) is 11.4 Å². The van der Waals surface area contributed by atoms with E-state index in [2.05, 4.69) is 107 Å². The summed E-state index contributed by atoms with van der Waals surface area (Å²) in [5, 5.41) is 0. The fourth-order valence-corrected chi connectivity index (χ4v) is 5.76. The zero-order chi connectivity index (χ0) is 27.6. The Bertz CT molecular complexity index is 1220. The summed E-state index contributed by atoms with van der Waals surface area (Å²) < 4.78 is 6.49. The number of ether oxygens (including phenoxy) is 1. The lowest BCUT2D eigenvalue weighted by Gasteiger charge is -2.35. The molecule has 6 heteroatoms. The van der Waals surface area contributed by atoms with Gasteiger partial charge in [0.2, 0.25) is 5.60 Å². The molecule has 0 saturated carbocycles. The van der Waals surface area contributed by atoms with E-state index in [9.17, 15) is 4.79 Å². The van der Waals surface area contributed by atoms with Crippen LogP contribution in [0.1, 0.15) is 106 Å². The van der Waals surface area contributed by atoms with Gasteiger partial charge in [-0.2, -0.15) is 0 Å². The van der Waals surface area contributed by atoms with E-state index in [4.69, 9.17) is 9.72 Å². The lowest BCUT2D eigenvalue weighted by Crippen LogP contribution is -2.34. The van der Waals surface area contributed by atoms with Crippen LogP contribution in [0.2, 0.25) is 0 Å². The van der Waals surface area contributed by atoms with E-state index in [1.54, 1.807) is 12.4 Å². The van der Waals surface area contributed by atoms with Crippen LogP contribution < -0.4 is 9.80 Å². The Balaban J connectivity index is 2.08. The first-order valence-electron chi connectivity index (χ1n) is 14.1. The van der Waals surface area contributed by atoms with E-state index in [0.717, 1.165) is 48.4 Å². The molecule has 0 fully saturated rings. The van der Waals surface area contributed by atoms with Gasteiger partial charge in [-0.15, -0.1) is 0 Å². The maximum absolute atomic E-state index is 13.4. The number of aromatic nitrogens is 2. The number of rotatable bonds is 10. The zero-order valence-corrected chi connectivity index (χ0v) is 24.2. The van der Waals surface area contributed by atoms with E-state index in [-0.39, 0.29) is 17.5 Å². The second-order valence-electron chi connectivity index (χ2n) is 10.5. The van der Waals surface area contributed by atoms with Crippen molar-refractivity contribution in [3.8, 4) is 0 Å². The summed E-state index contributed by atoms with van der Waals surface area (Å²) in [6.45, 7) is 21.2. The third-order valence-electron chi connectivity index (χ3n) is 7.80. The van der Waals surface area contributed by atoms with Gasteiger partial charge in [0.15, 0.2) is 5.69 Å². The lowest BCUT2D eigenvalue weighted by atomic mass is 9.75. The molecule has 2 heterocycles. The van der Waals surface area contributed by atoms with Crippen molar-refractivity contribution in [1.82, 2.24) is 9.97 Å². The van der Waals surface area contributed by atoms with Crippen LogP contribution in [0.25, 0.3) is 0 Å². The average Bonchev–Trinajstić information content (AvgIpc) is 3.23. The van der Waals surface area contributed by atoms with Gasteiger partial charge in [-0.25, -0.2) is 9.78 Å². The van der Waals surface area contributed by atoms with Crippen molar-refractivity contribution in [3.63, 3.8) is 0 Å². The highest BCUT2D eigenvalue weighted by atomic mass is 16.6. The average molecular weight is 515 g/mol. The van der Waals surface area contributed by atoms with Gasteiger partial charge in [-0.1, -0.05) is 39.8 Å². The standard InChI is InChI=1S/C32H42N4O2/c1-9-35(10-2)23-13-15-27(25(19-23)21(5)6)32(30-29(31(37)38-32)33-17-18-34-30)28-16-14-24(36(11-3)12-4)20-26(28)22(7)8/h13-22H,9-12H2,1-8H3. The largest absolute Gasteiger partial charge is 0.438 e. The van der Waals surface area contributed by atoms with Gasteiger partial charge in [0.25, 0.3) is 0 Å². The van der Waals surface area contributed by atoms with Crippen LogP contribution in [0.15, 0.2) is 48.8 Å². The van der Waals surface area contributed by atoms with E-state index in [1.165, 1.54) is 11.4 Å². The number of carbonyl (C=O) groups excluding carboxylic acids is 1. The lowest BCUT2D eigenvalue weighted by molar-refractivity contribution is 0.0234. The van der Waals surface area contributed by atoms with Crippen molar-refractivity contribution >= 4 is 17.3 Å². The van der Waals surface area contributed by atoms with Crippen LogP contribution >= 0.6 is 0 Å². The maximum Gasteiger partial charge on any atom is 0.360 e. The molecule has 0 bridgehead atoms. The van der Waals surface area contributed by atoms with Crippen molar-refractivity contribution in [3.05, 3.63) is 82.4 Å². The number of benzene rings is 2. The first-order chi connectivity index (χ1) is 18.2. The van der Waals surface area contributed by atoms with Gasteiger partial charge >= 0.3 is 5.97 Å². The minimum atomic E-state index is -1.18. The molecule has 6 nitrogen and oxygen atoms in total. The molecule has 0 unspecified atom stereocenters. The number of hydrogen-bond donors (Lipinski definition) is 0. The van der Waals surface area contributed by atoms with Crippen LogP contribution in [0.5, 0.6) is 0 Å². The Hall–Kier alpha value is -3.41. The van der Waals surface area contributed by atoms with Crippen LogP contribution in [-0.2, 0) is 10.3 Å². The number of anilines is 2. The molecule has 3 aromatic rings. The molecule has 4 rings (SSSR count). The van der Waals surface area contributed by atoms with Gasteiger partial charge in [-0.05, 0) is 74.9 Å². The molecule has 0 spiro atoms. The summed E-state index contributed by atoms with van der Waals surface area (Å²) in [6, 6.07) is 13.1. The first-order valence-corrected chi connectivity index (χ1v) is 14.1. The number of nitrogens with zero attached hydrogens (tertiary/aromatic N) is 4. The van der Waals surface area contributed by atoms with Gasteiger partial charge < -0.3 is 14.5 Å². The smallest absolute Gasteiger partial charge is 0.360 e. The molecule has 1 aliphatic rings. The molecule has 38 heavy (non-hydrogen) atoms. The second kappa shape index (κ2) is 11.1. The molecule has 202 valence electrons. The predicted molar refractivity (Wildman–Crippen MR) is 156 cm³/mol. The van der Waals surface area contributed by atoms with E-state index in [0.29, 0.717) is 5.69 Å². The quantitative estimate of drug-likeness (QED) is 0.275. The van der Waals surface area contributed by atoms with Gasteiger partial charge in [0.05, 0.1) is 0 Å². The second-order valence-corrected chi connectivity index (χ2v) is 10.5. The summed E-state index contributed by atoms with van der Waals surface area (Å²) in [5.41, 5.74) is 6.21. The molecule has 0 radical (unpaired) electrons. The highest BCUT2D eigenvalue weighted by Gasteiger charge is 2.53. The van der Waals surface area contributed by atoms with Gasteiger partial charge in [0.1, 0.15) is 5.69 Å². The number of cyclic esters (lactones) is 1. The predicted octanol–water partition coefficient (Wildman–Crippen LogP) is 6.88. The summed E-state index contributed by atoms with van der Waals surface area (Å²) in [6.07, 6.45) is 3.23. The Labute approximate surface area is 228 Å². The number of esters is 1. The van der Waals surface area contributed by atoms with Crippen LogP contribution in [0.3, 0.4) is 0 Å². The van der Waals surface area contributed by atoms with Crippen molar-refractivity contribution in [2.45, 2.75) is 72.8 Å². The number of hydrogen-bond acceptors (Lipinski definition) is 6. The minimum absolute atomic E-state index is 0.203. The fourth-order valence-electron chi connectivity index (χ4n) is 5.76. The minimum Gasteiger partial charge on any atom is -0.438 e. The molecule has 0 saturated heterocycles. The molecular formula is C32H42N4O2. The van der Waals surface area contributed by atoms with Gasteiger partial charge in [-0.3, -0.25) is 4.98 Å². The summed E-state index contributed by atoms with van der Waals surface area (Å²) in [5.74, 6) is -0.0262. The van der Waals surface area contributed by atoms with Crippen LogP contribution in [-0.4, -0.2) is 42.1 Å².